The molecule has 1 saturated carbocycles. The molecule has 2 atom stereocenters. The first kappa shape index (κ1) is 9.24. The molecule has 0 unspecified atom stereocenters. The van der Waals surface area contributed by atoms with E-state index in [1.807, 2.05) is 12.2 Å². The largest absolute Gasteiger partial charge is 0.481 e. The van der Waals surface area contributed by atoms with Crippen molar-refractivity contribution in [2.45, 2.75) is 25.3 Å². The molecule has 2 rings (SSSR count). The third kappa shape index (κ3) is 1.78. The van der Waals surface area contributed by atoms with Crippen molar-refractivity contribution >= 4 is 11.9 Å². The minimum atomic E-state index is -0.852. The lowest BCUT2D eigenvalue weighted by Gasteiger charge is -2.11. The second kappa shape index (κ2) is 3.44. The fraction of sp³-hybridized carbons (Fsp3) is 0.600. The molecule has 2 aliphatic rings. The van der Waals surface area contributed by atoms with Crippen LogP contribution in [-0.4, -0.2) is 23.0 Å². The number of carbonyl (C=O) groups excluding carboxylic acids is 1. The number of amides is 1. The number of carboxylic acid groups (broad SMARTS) is 1. The first-order valence-corrected chi connectivity index (χ1v) is 4.86. The summed E-state index contributed by atoms with van der Waals surface area (Å²) in [5.41, 5.74) is 0. The molecule has 0 aromatic rings. The van der Waals surface area contributed by atoms with Gasteiger partial charge in [-0.2, -0.15) is 0 Å². The molecule has 0 heterocycles. The van der Waals surface area contributed by atoms with Gasteiger partial charge in [0.2, 0.25) is 5.91 Å². The molecule has 4 nitrogen and oxygen atoms in total. The van der Waals surface area contributed by atoms with Crippen molar-refractivity contribution in [2.24, 2.45) is 11.8 Å². The van der Waals surface area contributed by atoms with Gasteiger partial charge in [-0.1, -0.05) is 12.2 Å². The van der Waals surface area contributed by atoms with Crippen LogP contribution in [0.1, 0.15) is 19.3 Å². The van der Waals surface area contributed by atoms with E-state index in [0.717, 1.165) is 12.8 Å². The van der Waals surface area contributed by atoms with Crippen LogP contribution in [0.3, 0.4) is 0 Å². The third-order valence-corrected chi connectivity index (χ3v) is 2.80. The van der Waals surface area contributed by atoms with Gasteiger partial charge < -0.3 is 10.4 Å². The highest BCUT2D eigenvalue weighted by atomic mass is 16.4. The van der Waals surface area contributed by atoms with Gasteiger partial charge in [0.1, 0.15) is 0 Å². The maximum absolute atomic E-state index is 11.5. The Morgan fingerprint density at radius 1 is 1.21 bits per heavy atom. The lowest BCUT2D eigenvalue weighted by Crippen LogP contribution is -2.34. The van der Waals surface area contributed by atoms with Gasteiger partial charge in [-0.25, -0.2) is 0 Å². The van der Waals surface area contributed by atoms with E-state index < -0.39 is 11.9 Å². The quantitative estimate of drug-likeness (QED) is 0.646. The Morgan fingerprint density at radius 2 is 1.86 bits per heavy atom. The number of aliphatic carboxylic acids is 1. The van der Waals surface area contributed by atoms with Crippen LogP contribution in [0.15, 0.2) is 12.2 Å². The van der Waals surface area contributed by atoms with E-state index in [1.54, 1.807) is 0 Å². The van der Waals surface area contributed by atoms with Gasteiger partial charge in [0, 0.05) is 6.04 Å². The molecule has 0 radical (unpaired) electrons. The second-order valence-corrected chi connectivity index (χ2v) is 3.94. The van der Waals surface area contributed by atoms with Crippen LogP contribution in [0.25, 0.3) is 0 Å². The molecule has 0 aliphatic heterocycles. The first-order chi connectivity index (χ1) is 6.68. The van der Waals surface area contributed by atoms with E-state index in [4.69, 9.17) is 5.11 Å². The number of rotatable bonds is 3. The number of hydrogen-bond donors (Lipinski definition) is 2. The average molecular weight is 195 g/mol. The van der Waals surface area contributed by atoms with Crippen LogP contribution < -0.4 is 5.32 Å². The monoisotopic (exact) mass is 195 g/mol. The van der Waals surface area contributed by atoms with E-state index >= 15 is 0 Å². The molecule has 76 valence electrons. The molecular weight excluding hydrogens is 182 g/mol. The first-order valence-electron chi connectivity index (χ1n) is 4.86. The Balaban J connectivity index is 1.77. The molecule has 0 saturated heterocycles. The Morgan fingerprint density at radius 3 is 2.36 bits per heavy atom. The predicted octanol–water partition coefficient (Wildman–Crippen LogP) is 0.542. The van der Waals surface area contributed by atoms with Crippen molar-refractivity contribution in [3.63, 3.8) is 0 Å². The van der Waals surface area contributed by atoms with Crippen molar-refractivity contribution in [2.75, 3.05) is 0 Å². The van der Waals surface area contributed by atoms with Crippen molar-refractivity contribution in [1.82, 2.24) is 5.32 Å². The lowest BCUT2D eigenvalue weighted by molar-refractivity contribution is -0.140. The Kier molecular flexibility index (Phi) is 2.27. The Bertz CT molecular complexity index is 290. The zero-order chi connectivity index (χ0) is 10.1. The molecule has 0 aromatic heterocycles. The van der Waals surface area contributed by atoms with Crippen LogP contribution in [0.5, 0.6) is 0 Å². The maximum atomic E-state index is 11.5. The highest BCUT2D eigenvalue weighted by Gasteiger charge is 2.48. The summed E-state index contributed by atoms with van der Waals surface area (Å²) < 4.78 is 0. The van der Waals surface area contributed by atoms with Crippen LogP contribution in [-0.2, 0) is 9.59 Å². The molecule has 4 heteroatoms. The molecule has 2 aliphatic carbocycles. The predicted molar refractivity (Wildman–Crippen MR) is 49.5 cm³/mol. The van der Waals surface area contributed by atoms with Crippen LogP contribution >= 0.6 is 0 Å². The second-order valence-electron chi connectivity index (χ2n) is 3.94. The third-order valence-electron chi connectivity index (χ3n) is 2.80. The molecule has 0 bridgehead atoms. The SMILES string of the molecule is O=C(O)[C@H]1C[C@H]1C(=O)NC1CC=CC1. The topological polar surface area (TPSA) is 66.4 Å². The molecule has 2 N–H and O–H groups in total. The summed E-state index contributed by atoms with van der Waals surface area (Å²) >= 11 is 0. The highest BCUT2D eigenvalue weighted by molar-refractivity contribution is 5.89. The van der Waals surface area contributed by atoms with Gasteiger partial charge in [-0.05, 0) is 19.3 Å². The molecular formula is C10H13NO3. The van der Waals surface area contributed by atoms with E-state index in [1.165, 1.54) is 0 Å². The number of carbonyl (C=O) groups is 2. The maximum Gasteiger partial charge on any atom is 0.307 e. The van der Waals surface area contributed by atoms with E-state index in [2.05, 4.69) is 5.32 Å². The summed E-state index contributed by atoms with van der Waals surface area (Å²) in [4.78, 5) is 22.0. The van der Waals surface area contributed by atoms with Crippen LogP contribution in [0.4, 0.5) is 0 Å². The van der Waals surface area contributed by atoms with Crippen molar-refractivity contribution in [3.05, 3.63) is 12.2 Å². The van der Waals surface area contributed by atoms with Gasteiger partial charge in [0.05, 0.1) is 11.8 Å². The van der Waals surface area contributed by atoms with Crippen LogP contribution in [0, 0.1) is 11.8 Å². The molecule has 14 heavy (non-hydrogen) atoms. The Hall–Kier alpha value is -1.32. The summed E-state index contributed by atoms with van der Waals surface area (Å²) in [5.74, 6) is -1.67. The summed E-state index contributed by atoms with van der Waals surface area (Å²) in [6.07, 6.45) is 6.31. The van der Waals surface area contributed by atoms with E-state index in [-0.39, 0.29) is 17.9 Å². The minimum Gasteiger partial charge on any atom is -0.481 e. The highest BCUT2D eigenvalue weighted by Crippen LogP contribution is 2.38. The van der Waals surface area contributed by atoms with Crippen LogP contribution in [0.2, 0.25) is 0 Å². The van der Waals surface area contributed by atoms with Crippen molar-refractivity contribution in [1.29, 1.82) is 0 Å². The van der Waals surface area contributed by atoms with Gasteiger partial charge in [-0.15, -0.1) is 0 Å². The summed E-state index contributed by atoms with van der Waals surface area (Å²) in [6, 6.07) is 0.192. The van der Waals surface area contributed by atoms with Gasteiger partial charge in [-0.3, -0.25) is 9.59 Å². The van der Waals surface area contributed by atoms with E-state index in [9.17, 15) is 9.59 Å². The average Bonchev–Trinajstić information content (AvgIpc) is 2.80. The Labute approximate surface area is 82.0 Å². The standard InChI is InChI=1S/C10H13NO3/c12-9(7-5-8(7)10(13)14)11-6-3-1-2-4-6/h1-2,6-8H,3-5H2,(H,11,12)(H,13,14)/t7-,8+/m1/s1. The lowest BCUT2D eigenvalue weighted by atomic mass is 10.2. The van der Waals surface area contributed by atoms with Gasteiger partial charge in [0.25, 0.3) is 0 Å². The fourth-order valence-electron chi connectivity index (χ4n) is 1.80. The zero-order valence-corrected chi connectivity index (χ0v) is 7.77. The summed E-state index contributed by atoms with van der Waals surface area (Å²) in [6.45, 7) is 0. The normalized spacial score (nSPS) is 30.3. The summed E-state index contributed by atoms with van der Waals surface area (Å²) in [5, 5.41) is 11.5. The van der Waals surface area contributed by atoms with Gasteiger partial charge >= 0.3 is 5.97 Å². The molecule has 1 fully saturated rings. The van der Waals surface area contributed by atoms with Gasteiger partial charge in [0.15, 0.2) is 0 Å². The number of hydrogen-bond acceptors (Lipinski definition) is 2. The molecule has 0 aromatic carbocycles. The zero-order valence-electron chi connectivity index (χ0n) is 7.77. The fourth-order valence-corrected chi connectivity index (χ4v) is 1.80. The smallest absolute Gasteiger partial charge is 0.307 e. The van der Waals surface area contributed by atoms with Crippen molar-refractivity contribution < 1.29 is 14.7 Å². The van der Waals surface area contributed by atoms with E-state index in [0.29, 0.717) is 6.42 Å². The molecule has 1 amide bonds. The number of carboxylic acids is 1. The number of nitrogens with one attached hydrogen (secondary N) is 1. The minimum absolute atomic E-state index is 0.0916. The van der Waals surface area contributed by atoms with Crippen molar-refractivity contribution in [3.8, 4) is 0 Å². The summed E-state index contributed by atoms with van der Waals surface area (Å²) in [7, 11) is 0. The molecule has 0 spiro atoms.